The Kier molecular flexibility index (Phi) is 11.2. The van der Waals surface area contributed by atoms with E-state index in [0.717, 1.165) is 41.5 Å². The molecule has 408 valence electrons. The van der Waals surface area contributed by atoms with Gasteiger partial charge in [-0.05, 0) is 133 Å². The van der Waals surface area contributed by atoms with Crippen molar-refractivity contribution in [3.63, 3.8) is 0 Å². The van der Waals surface area contributed by atoms with E-state index in [-0.39, 0.29) is 72.6 Å². The third kappa shape index (κ3) is 6.73. The zero-order valence-electron chi connectivity index (χ0n) is 44.1. The Morgan fingerprint density at radius 1 is 0.848 bits per heavy atom. The maximum absolute atomic E-state index is 14.1. The minimum atomic E-state index is -1.44. The molecule has 15 rings (SSSR count). The number of nitrogens with zero attached hydrogens (tertiary/aromatic N) is 1. The number of carboxylic acid groups (broad SMARTS) is 1. The fraction of sp³-hybridized carbons (Fsp3) is 0.508. The largest absolute Gasteiger partial charge is 0.481 e. The number of aliphatic hydroxyl groups excluding tert-OH is 2. The van der Waals surface area contributed by atoms with E-state index in [4.69, 9.17) is 9.47 Å². The van der Waals surface area contributed by atoms with E-state index in [1.165, 1.54) is 5.56 Å². The Morgan fingerprint density at radius 3 is 2.29 bits per heavy atom. The van der Waals surface area contributed by atoms with E-state index in [0.29, 0.717) is 59.6 Å². The molecule has 0 unspecified atom stereocenters. The van der Waals surface area contributed by atoms with E-state index in [2.05, 4.69) is 46.8 Å². The molecule has 0 radical (unpaired) electrons. The zero-order chi connectivity index (χ0) is 54.7. The lowest BCUT2D eigenvalue weighted by atomic mass is 8.94. The van der Waals surface area contributed by atoms with Gasteiger partial charge in [-0.1, -0.05) is 91.9 Å². The number of carboxylic acids is 1. The Morgan fingerprint density at radius 2 is 1.56 bits per heavy atom. The van der Waals surface area contributed by atoms with Crippen LogP contribution in [0.3, 0.4) is 0 Å². The molecule has 4 amide bonds. The van der Waals surface area contributed by atoms with Crippen LogP contribution < -0.4 is 20.9 Å². The van der Waals surface area contributed by atoms with E-state index in [1.807, 2.05) is 73.7 Å². The molecule has 10 aliphatic carbocycles. The summed E-state index contributed by atoms with van der Waals surface area (Å²) in [5.74, 6) is 5.29. The highest BCUT2D eigenvalue weighted by molar-refractivity contribution is 6.01. The molecule has 16 heteroatoms. The number of carbonyl (C=O) groups excluding carboxylic acids is 6. The standard InChI is InChI=1S/C63H64N4O12/c1-59-24-23-38(69)25-37(59)17-18-39-40-26-45-63(44(71)31-68,60(40,2)28-43(70)50(39)59)79-58(78-45)35-13-11-32(12-14-35)27-61-51-54-52(61)56-53(61)55(51)62(54,56)66-57(77)41(19-22-49(75)76)65-47(73)29-64-46(72)20-21-48(74)67-30-36-9-4-3-7-33(36)15-16-34-8-5-6-10-42(34)67/h3-14,23-25,39-41,43,45,50-56,58,68,70H,17-22,26-31H2,1-2H3,(H,64,72)(H,65,73)(H,66,77)(H,75,76)/t39-,40-,41-,43-,45+,50+,51?,52?,53?,54?,55?,56?,58+,59-,60-,61?,62?,63+/m0/s1. The van der Waals surface area contributed by atoms with Gasteiger partial charge < -0.3 is 45.6 Å². The number of allylic oxidation sites excluding steroid dienone is 4. The van der Waals surface area contributed by atoms with Gasteiger partial charge >= 0.3 is 5.97 Å². The highest BCUT2D eigenvalue weighted by atomic mass is 16.7. The summed E-state index contributed by atoms with van der Waals surface area (Å²) in [7, 11) is 0. The Hall–Kier alpha value is -6.77. The minimum Gasteiger partial charge on any atom is -0.481 e. The molecule has 10 atom stereocenters. The average molecular weight is 1070 g/mol. The number of para-hydroxylation sites is 1. The monoisotopic (exact) mass is 1070 g/mol. The number of nitrogens with one attached hydrogen (secondary N) is 3. The van der Waals surface area contributed by atoms with Crippen LogP contribution in [0.25, 0.3) is 0 Å². The maximum atomic E-state index is 14.1. The topological polar surface area (TPSA) is 238 Å². The van der Waals surface area contributed by atoms with Crippen LogP contribution in [0.2, 0.25) is 0 Å². The van der Waals surface area contributed by atoms with Gasteiger partial charge in [0.1, 0.15) is 12.6 Å². The van der Waals surface area contributed by atoms with Crippen molar-refractivity contribution in [2.45, 2.75) is 114 Å². The number of Topliss-reactive ketones (excluding diaryl/α,β-unsaturated/α-hetero) is 1. The second kappa shape index (κ2) is 17.6. The van der Waals surface area contributed by atoms with Crippen LogP contribution in [0.5, 0.6) is 0 Å². The van der Waals surface area contributed by atoms with Crippen LogP contribution in [0.15, 0.2) is 96.6 Å². The smallest absolute Gasteiger partial charge is 0.303 e. The highest BCUT2D eigenvalue weighted by Crippen LogP contribution is 3.07. The molecule has 16 nitrogen and oxygen atoms in total. The number of amides is 4. The molecule has 0 bridgehead atoms. The molecule has 6 N–H and O–H groups in total. The molecule has 3 aromatic rings. The molecule has 12 aliphatic rings. The summed E-state index contributed by atoms with van der Waals surface area (Å²) in [6.45, 7) is 3.28. The summed E-state index contributed by atoms with van der Waals surface area (Å²) in [4.78, 5) is 93.7. The average Bonchev–Trinajstić information content (AvgIpc) is 0.868. The van der Waals surface area contributed by atoms with Gasteiger partial charge in [-0.2, -0.15) is 0 Å². The predicted octanol–water partition coefficient (Wildman–Crippen LogP) is 4.63. The maximum Gasteiger partial charge on any atom is 0.303 e. The Bertz CT molecular complexity index is 3280. The molecule has 79 heavy (non-hydrogen) atoms. The number of hydrogen-bond acceptors (Lipinski definition) is 11. The number of aliphatic hydroxyl groups is 2. The third-order valence-electron chi connectivity index (χ3n) is 22.2. The lowest BCUT2D eigenvalue weighted by molar-refractivity contribution is -0.624. The van der Waals surface area contributed by atoms with Crippen LogP contribution in [-0.4, -0.2) is 99.0 Å². The van der Waals surface area contributed by atoms with Gasteiger partial charge in [0.25, 0.3) is 0 Å². The molecular formula is C63H64N4O12. The van der Waals surface area contributed by atoms with Gasteiger partial charge in [0.15, 0.2) is 23.5 Å². The molecular weight excluding hydrogens is 1000 g/mol. The number of ether oxygens (including phenoxy) is 2. The number of aliphatic carboxylic acids is 1. The third-order valence-corrected chi connectivity index (χ3v) is 22.2. The zero-order valence-corrected chi connectivity index (χ0v) is 44.1. The van der Waals surface area contributed by atoms with Gasteiger partial charge in [-0.15, -0.1) is 0 Å². The van der Waals surface area contributed by atoms with Crippen LogP contribution in [0.4, 0.5) is 5.69 Å². The van der Waals surface area contributed by atoms with Gasteiger partial charge in [0.2, 0.25) is 23.6 Å². The van der Waals surface area contributed by atoms with Crippen molar-refractivity contribution in [1.29, 1.82) is 0 Å². The quantitative estimate of drug-likeness (QED) is 0.108. The second-order valence-corrected chi connectivity index (χ2v) is 25.2. The minimum absolute atomic E-state index is 0.00263. The highest BCUT2D eigenvalue weighted by Gasteiger charge is 3.09. The van der Waals surface area contributed by atoms with Crippen LogP contribution >= 0.6 is 0 Å². The van der Waals surface area contributed by atoms with Crippen LogP contribution in [0, 0.1) is 81.3 Å². The predicted molar refractivity (Wildman–Crippen MR) is 282 cm³/mol. The molecule has 2 heterocycles. The summed E-state index contributed by atoms with van der Waals surface area (Å²) in [6, 6.07) is 22.1. The molecule has 10 fully saturated rings. The van der Waals surface area contributed by atoms with Crippen molar-refractivity contribution in [2.24, 2.45) is 69.5 Å². The molecule has 1 saturated heterocycles. The normalized spacial score (nSPS) is 39.2. The summed E-state index contributed by atoms with van der Waals surface area (Å²) in [5, 5.41) is 40.6. The number of hydrogen-bond donors (Lipinski definition) is 6. The first-order valence-electron chi connectivity index (χ1n) is 28.3. The van der Waals surface area contributed by atoms with E-state index in [1.54, 1.807) is 17.1 Å². The molecule has 2 aliphatic heterocycles. The number of benzene rings is 3. The fourth-order valence-electron chi connectivity index (χ4n) is 19.2. The van der Waals surface area contributed by atoms with Gasteiger partial charge in [0.05, 0.1) is 36.5 Å². The van der Waals surface area contributed by atoms with Gasteiger partial charge in [0, 0.05) is 52.7 Å². The van der Waals surface area contributed by atoms with Crippen molar-refractivity contribution in [3.05, 3.63) is 124 Å². The molecule has 3 aromatic carbocycles. The van der Waals surface area contributed by atoms with Crippen LogP contribution in [-0.2, 0) is 56.0 Å². The van der Waals surface area contributed by atoms with Crippen molar-refractivity contribution in [3.8, 4) is 11.8 Å². The number of rotatable bonds is 16. The Labute approximate surface area is 457 Å². The molecule has 0 aromatic heterocycles. The first kappa shape index (κ1) is 50.4. The lowest BCUT2D eigenvalue weighted by Gasteiger charge is -3.11. The van der Waals surface area contributed by atoms with Gasteiger partial charge in [-0.25, -0.2) is 0 Å². The fourth-order valence-corrected chi connectivity index (χ4v) is 19.2. The van der Waals surface area contributed by atoms with E-state index in [9.17, 15) is 48.9 Å². The summed E-state index contributed by atoms with van der Waals surface area (Å²) in [6.07, 6.45) is 5.64. The van der Waals surface area contributed by atoms with Gasteiger partial charge in [-0.3, -0.25) is 33.6 Å². The number of anilines is 1. The van der Waals surface area contributed by atoms with Crippen molar-refractivity contribution in [2.75, 3.05) is 18.1 Å². The first-order valence-corrected chi connectivity index (χ1v) is 28.3. The summed E-state index contributed by atoms with van der Waals surface area (Å²) >= 11 is 0. The molecule has 0 spiro atoms. The van der Waals surface area contributed by atoms with Crippen LogP contribution in [0.1, 0.15) is 99.3 Å². The van der Waals surface area contributed by atoms with E-state index >= 15 is 0 Å². The Balaban J connectivity index is 0.580. The molecule has 9 saturated carbocycles. The van der Waals surface area contributed by atoms with Crippen molar-refractivity contribution < 1.29 is 58.4 Å². The number of fused-ring (bicyclic) bond motifs is 9. The van der Waals surface area contributed by atoms with Crippen molar-refractivity contribution in [1.82, 2.24) is 16.0 Å². The second-order valence-electron chi connectivity index (χ2n) is 25.2. The summed E-state index contributed by atoms with van der Waals surface area (Å²) in [5.41, 5.74) is 3.20. The van der Waals surface area contributed by atoms with E-state index < -0.39 is 83.6 Å². The lowest BCUT2D eigenvalue weighted by Crippen LogP contribution is -3.15. The SMILES string of the molecule is C[C@]12C=CC(=O)C=C1CC[C@@H]1[C@@H]2[C@@H](O)C[C@@]2(C)[C@H]1C[C@H]1O[C@@H](c3ccc(CC45C6C7C4C4C5C6C74NC(=O)[C@H](CCC(=O)O)NC(=O)CNC(=O)CCC(=O)N4Cc5ccccc5C#Cc5ccccc54)cc3)O[C@]12C(=O)CO. The number of ketones is 2. The first-order chi connectivity index (χ1) is 38.0. The number of carbonyl (C=O) groups is 7. The summed E-state index contributed by atoms with van der Waals surface area (Å²) < 4.78 is 13.6. The van der Waals surface area contributed by atoms with Crippen molar-refractivity contribution >= 4 is 46.9 Å².